The minimum atomic E-state index is -0.611. The quantitative estimate of drug-likeness (QED) is 0.319. The van der Waals surface area contributed by atoms with Crippen molar-refractivity contribution in [2.75, 3.05) is 33.3 Å². The Hall–Kier alpha value is -4.09. The number of hydrogen-bond acceptors (Lipinski definition) is 7. The van der Waals surface area contributed by atoms with Crippen LogP contribution in [0.25, 0.3) is 22.4 Å². The Morgan fingerprint density at radius 2 is 1.86 bits per heavy atom. The van der Waals surface area contributed by atoms with Crippen molar-refractivity contribution in [3.63, 3.8) is 0 Å². The highest BCUT2D eigenvalue weighted by molar-refractivity contribution is 5.85. The summed E-state index contributed by atoms with van der Waals surface area (Å²) in [6.45, 7) is 1.74. The first-order chi connectivity index (χ1) is 20.4. The van der Waals surface area contributed by atoms with Crippen molar-refractivity contribution in [2.24, 2.45) is 7.05 Å². The van der Waals surface area contributed by atoms with Gasteiger partial charge in [0.15, 0.2) is 17.2 Å². The number of methoxy groups -OCH3 is 1. The van der Waals surface area contributed by atoms with Crippen LogP contribution in [0.15, 0.2) is 47.3 Å². The van der Waals surface area contributed by atoms with Gasteiger partial charge < -0.3 is 19.8 Å². The number of amides is 1. The molecule has 0 bridgehead atoms. The van der Waals surface area contributed by atoms with Gasteiger partial charge >= 0.3 is 6.09 Å². The highest BCUT2D eigenvalue weighted by atomic mass is 19.1. The number of aromatic nitrogens is 4. The van der Waals surface area contributed by atoms with Crippen molar-refractivity contribution in [3.05, 3.63) is 69.9 Å². The van der Waals surface area contributed by atoms with E-state index in [0.29, 0.717) is 37.2 Å². The Morgan fingerprint density at radius 3 is 2.57 bits per heavy atom. The third kappa shape index (κ3) is 5.07. The van der Waals surface area contributed by atoms with Crippen LogP contribution >= 0.6 is 0 Å². The summed E-state index contributed by atoms with van der Waals surface area (Å²) in [6.07, 6.45) is 4.89. The predicted octanol–water partition coefficient (Wildman–Crippen LogP) is 4.77. The summed E-state index contributed by atoms with van der Waals surface area (Å²) in [7, 11) is 3.24. The first kappa shape index (κ1) is 28.0. The fourth-order valence-corrected chi connectivity index (χ4v) is 6.34. The lowest BCUT2D eigenvalue weighted by molar-refractivity contribution is 0.0919. The molecule has 0 radical (unpaired) electrons. The van der Waals surface area contributed by atoms with Gasteiger partial charge in [-0.1, -0.05) is 49.6 Å². The normalized spacial score (nSPS) is 17.3. The topological polar surface area (TPSA) is 111 Å². The fourth-order valence-electron chi connectivity index (χ4n) is 6.34. The van der Waals surface area contributed by atoms with Crippen LogP contribution in [0.1, 0.15) is 49.3 Å². The van der Waals surface area contributed by atoms with Crippen LogP contribution in [0.3, 0.4) is 0 Å². The van der Waals surface area contributed by atoms with E-state index in [9.17, 15) is 9.59 Å². The molecule has 6 rings (SSSR count). The Balaban J connectivity index is 1.39. The van der Waals surface area contributed by atoms with Gasteiger partial charge in [-0.05, 0) is 24.5 Å². The number of rotatable bonds is 6. The van der Waals surface area contributed by atoms with Gasteiger partial charge in [0.1, 0.15) is 36.7 Å². The molecular formula is C31H36FN6O4+. The first-order valence-electron chi connectivity index (χ1n) is 14.6. The van der Waals surface area contributed by atoms with Crippen molar-refractivity contribution >= 4 is 22.8 Å². The number of aromatic amines is 1. The molecule has 3 heterocycles. The monoisotopic (exact) mass is 575 g/mol. The van der Waals surface area contributed by atoms with Gasteiger partial charge in [-0.25, -0.2) is 14.1 Å². The number of aryl methyl sites for hydroxylation is 1. The third-order valence-corrected chi connectivity index (χ3v) is 8.59. The number of quaternary nitrogens is 1. The van der Waals surface area contributed by atoms with Gasteiger partial charge in [0.25, 0.3) is 5.56 Å². The van der Waals surface area contributed by atoms with E-state index in [1.165, 1.54) is 25.7 Å². The minimum Gasteiger partial charge on any atom is -0.496 e. The Labute approximate surface area is 243 Å². The van der Waals surface area contributed by atoms with Crippen molar-refractivity contribution in [3.8, 4) is 17.1 Å². The van der Waals surface area contributed by atoms with Gasteiger partial charge in [0.2, 0.25) is 0 Å². The molecule has 11 heteroatoms. The van der Waals surface area contributed by atoms with Crippen LogP contribution in [-0.2, 0) is 18.4 Å². The number of ether oxygens (including phenoxy) is 2. The van der Waals surface area contributed by atoms with E-state index in [4.69, 9.17) is 14.5 Å². The van der Waals surface area contributed by atoms with E-state index >= 15 is 4.39 Å². The molecule has 4 aromatic rings. The molecule has 2 aromatic carbocycles. The molecule has 42 heavy (non-hydrogen) atoms. The molecule has 1 aliphatic carbocycles. The van der Waals surface area contributed by atoms with Gasteiger partial charge in [0, 0.05) is 32.1 Å². The average molecular weight is 576 g/mol. The number of halogens is 1. The highest BCUT2D eigenvalue weighted by Crippen LogP contribution is 2.39. The van der Waals surface area contributed by atoms with E-state index in [0.717, 1.165) is 36.9 Å². The van der Waals surface area contributed by atoms with Crippen LogP contribution in [0.4, 0.5) is 14.9 Å². The van der Waals surface area contributed by atoms with Crippen LogP contribution in [0, 0.1) is 5.82 Å². The van der Waals surface area contributed by atoms with Crippen molar-refractivity contribution in [1.82, 2.24) is 29.5 Å². The number of carbonyl (C=O) groups excluding carboxylic acids is 1. The standard InChI is InChI=1S/C31H35FN6O4/c1-37-29-26(27(36-37)21-11-7-4-8-12-21)30(39)35-28(34-29)22-17-23(32)24(18-25(22)41-2)38(15-13-33-14-16-38)31(40)42-19-20-9-5-3-6-10-20/h3,5-6,9-10,17-18,21,33H,4,7-8,11-16,19H2,1-2H3/p+1. The average Bonchev–Trinajstić information content (AvgIpc) is 3.37. The molecule has 0 atom stereocenters. The largest absolute Gasteiger partial charge is 0.521 e. The lowest BCUT2D eigenvalue weighted by atomic mass is 9.86. The van der Waals surface area contributed by atoms with Crippen LogP contribution < -0.4 is 20.1 Å². The van der Waals surface area contributed by atoms with Crippen molar-refractivity contribution in [1.29, 1.82) is 0 Å². The lowest BCUT2D eigenvalue weighted by Crippen LogP contribution is -2.63. The summed E-state index contributed by atoms with van der Waals surface area (Å²) in [5.41, 5.74) is 2.18. The summed E-state index contributed by atoms with van der Waals surface area (Å²) < 4.78 is 28.8. The third-order valence-electron chi connectivity index (χ3n) is 8.59. The Kier molecular flexibility index (Phi) is 7.78. The van der Waals surface area contributed by atoms with Gasteiger partial charge in [-0.2, -0.15) is 14.4 Å². The number of hydrogen-bond donors (Lipinski definition) is 2. The van der Waals surface area contributed by atoms with Crippen molar-refractivity contribution < 1.29 is 18.7 Å². The summed E-state index contributed by atoms with van der Waals surface area (Å²) in [6, 6.07) is 12.2. The second-order valence-corrected chi connectivity index (χ2v) is 11.2. The molecule has 2 aliphatic rings. The molecule has 1 saturated heterocycles. The summed E-state index contributed by atoms with van der Waals surface area (Å²) in [4.78, 5) is 34.6. The summed E-state index contributed by atoms with van der Waals surface area (Å²) >= 11 is 0. The summed E-state index contributed by atoms with van der Waals surface area (Å²) in [5.74, 6) is 0.0741. The molecule has 1 aliphatic heterocycles. The zero-order chi connectivity index (χ0) is 29.3. The molecule has 10 nitrogen and oxygen atoms in total. The van der Waals surface area contributed by atoms with E-state index in [1.54, 1.807) is 11.7 Å². The van der Waals surface area contributed by atoms with Crippen LogP contribution in [0.5, 0.6) is 5.75 Å². The SMILES string of the molecule is COc1cc([N+]2(C(=O)OCc3ccccc3)CCNCC2)c(F)cc1-c1nc2c(c(C3CCCCC3)nn2C)c(=O)[nH]1. The minimum absolute atomic E-state index is 0.0860. The molecule has 1 amide bonds. The Morgan fingerprint density at radius 1 is 1.12 bits per heavy atom. The molecule has 2 aromatic heterocycles. The number of carbonyl (C=O) groups is 1. The molecule has 1 saturated carbocycles. The molecule has 0 unspecified atom stereocenters. The second-order valence-electron chi connectivity index (χ2n) is 11.2. The maximum atomic E-state index is 16.1. The van der Waals surface area contributed by atoms with Gasteiger partial charge in [-0.15, -0.1) is 0 Å². The molecule has 2 N–H and O–H groups in total. The maximum absolute atomic E-state index is 16.1. The summed E-state index contributed by atoms with van der Waals surface area (Å²) in [5, 5.41) is 8.41. The number of nitrogens with one attached hydrogen (secondary N) is 2. The predicted molar refractivity (Wildman–Crippen MR) is 158 cm³/mol. The fraction of sp³-hybridized carbons (Fsp3) is 0.419. The van der Waals surface area contributed by atoms with Crippen LogP contribution in [-0.4, -0.2) is 59.1 Å². The van der Waals surface area contributed by atoms with Crippen molar-refractivity contribution in [2.45, 2.75) is 44.6 Å². The zero-order valence-corrected chi connectivity index (χ0v) is 24.0. The molecule has 2 fully saturated rings. The number of fused-ring (bicyclic) bond motifs is 1. The number of piperazine rings is 1. The smallest absolute Gasteiger partial charge is 0.496 e. The Bertz CT molecular complexity index is 1660. The van der Waals surface area contributed by atoms with E-state index in [1.807, 2.05) is 30.3 Å². The van der Waals surface area contributed by atoms with E-state index in [2.05, 4.69) is 15.4 Å². The van der Waals surface area contributed by atoms with Crippen LogP contribution in [0.2, 0.25) is 0 Å². The number of benzene rings is 2. The number of nitrogens with zero attached hydrogens (tertiary/aromatic N) is 4. The molecule has 220 valence electrons. The van der Waals surface area contributed by atoms with Gasteiger partial charge in [0.05, 0.1) is 18.4 Å². The number of H-pyrrole nitrogens is 1. The maximum Gasteiger partial charge on any atom is 0.521 e. The zero-order valence-electron chi connectivity index (χ0n) is 24.0. The lowest BCUT2D eigenvalue weighted by Gasteiger charge is -2.37. The molecular weight excluding hydrogens is 539 g/mol. The van der Waals surface area contributed by atoms with E-state index < -0.39 is 11.9 Å². The highest BCUT2D eigenvalue weighted by Gasteiger charge is 2.45. The second kappa shape index (κ2) is 11.7. The van der Waals surface area contributed by atoms with E-state index in [-0.39, 0.29) is 45.4 Å². The first-order valence-corrected chi connectivity index (χ1v) is 14.6. The molecule has 0 spiro atoms. The van der Waals surface area contributed by atoms with Gasteiger partial charge in [-0.3, -0.25) is 4.79 Å².